The summed E-state index contributed by atoms with van der Waals surface area (Å²) in [5, 5.41) is 0.543. The molecule has 0 bridgehead atoms. The highest BCUT2D eigenvalue weighted by Crippen LogP contribution is 2.28. The zero-order valence-corrected chi connectivity index (χ0v) is 15.6. The predicted molar refractivity (Wildman–Crippen MR) is 92.8 cm³/mol. The summed E-state index contributed by atoms with van der Waals surface area (Å²) in [5.74, 6) is -0.654. The molecule has 1 N–H and O–H groups in total. The van der Waals surface area contributed by atoms with Crippen molar-refractivity contribution in [2.45, 2.75) is 4.90 Å². The van der Waals surface area contributed by atoms with Gasteiger partial charge in [0.25, 0.3) is 10.0 Å². The van der Waals surface area contributed by atoms with Gasteiger partial charge in [-0.25, -0.2) is 13.2 Å². The largest absolute Gasteiger partial charge is 0.465 e. The summed E-state index contributed by atoms with van der Waals surface area (Å²) in [7, 11) is -2.73. The molecule has 0 aromatic heterocycles. The van der Waals surface area contributed by atoms with Gasteiger partial charge in [0, 0.05) is 9.50 Å². The maximum absolute atomic E-state index is 12.4. The second kappa shape index (κ2) is 7.09. The molecule has 0 aliphatic carbocycles. The number of rotatable bonds is 4. The van der Waals surface area contributed by atoms with Crippen LogP contribution in [0.25, 0.3) is 0 Å². The Morgan fingerprint density at radius 3 is 2.48 bits per heavy atom. The number of carbonyl (C=O) groups excluding carboxylic acids is 1. The topological polar surface area (TPSA) is 72.5 Å². The fourth-order valence-electron chi connectivity index (χ4n) is 1.71. The van der Waals surface area contributed by atoms with Crippen molar-refractivity contribution in [1.82, 2.24) is 0 Å². The molecule has 2 aromatic carbocycles. The van der Waals surface area contributed by atoms with E-state index >= 15 is 0 Å². The first-order valence-electron chi connectivity index (χ1n) is 6.10. The van der Waals surface area contributed by atoms with Gasteiger partial charge in [-0.3, -0.25) is 4.72 Å². The Hall–Kier alpha value is -1.28. The summed E-state index contributed by atoms with van der Waals surface area (Å²) in [6, 6.07) is 8.38. The molecule has 0 spiro atoms. The maximum atomic E-state index is 12.4. The summed E-state index contributed by atoms with van der Waals surface area (Å²) < 4.78 is 32.3. The minimum absolute atomic E-state index is 0.0950. The summed E-state index contributed by atoms with van der Waals surface area (Å²) in [6.07, 6.45) is 0. The number of hydrogen-bond acceptors (Lipinski definition) is 4. The van der Waals surface area contributed by atoms with Gasteiger partial charge >= 0.3 is 5.97 Å². The molecule has 0 atom stereocenters. The van der Waals surface area contributed by atoms with E-state index in [9.17, 15) is 13.2 Å². The minimum Gasteiger partial charge on any atom is -0.465 e. The lowest BCUT2D eigenvalue weighted by Crippen LogP contribution is -2.14. The van der Waals surface area contributed by atoms with Gasteiger partial charge in [-0.15, -0.1) is 0 Å². The third kappa shape index (κ3) is 4.17. The van der Waals surface area contributed by atoms with Gasteiger partial charge in [-0.05, 0) is 52.3 Å². The van der Waals surface area contributed by atoms with Crippen LogP contribution >= 0.6 is 39.1 Å². The number of halogens is 3. The van der Waals surface area contributed by atoms with Crippen molar-refractivity contribution >= 4 is 60.8 Å². The molecule has 0 radical (unpaired) electrons. The quantitative estimate of drug-likeness (QED) is 0.720. The molecule has 0 fully saturated rings. The van der Waals surface area contributed by atoms with Gasteiger partial charge in [0.15, 0.2) is 0 Å². The molecule has 9 heteroatoms. The Kier molecular flexibility index (Phi) is 5.57. The van der Waals surface area contributed by atoms with Crippen LogP contribution in [0.4, 0.5) is 5.69 Å². The summed E-state index contributed by atoms with van der Waals surface area (Å²) >= 11 is 14.9. The standard InChI is InChI=1S/C14H10BrCl2NO4S/c1-22-14(19)10-7-9(3-4-11(10)15)23(20,21)18-13-5-2-8(16)6-12(13)17/h2-7,18H,1H3. The van der Waals surface area contributed by atoms with E-state index in [1.807, 2.05) is 0 Å². The van der Waals surface area contributed by atoms with E-state index in [1.165, 1.54) is 43.5 Å². The lowest BCUT2D eigenvalue weighted by molar-refractivity contribution is 0.0599. The minimum atomic E-state index is -3.94. The first-order chi connectivity index (χ1) is 10.7. The number of esters is 1. The van der Waals surface area contributed by atoms with Gasteiger partial charge in [0.05, 0.1) is 28.3 Å². The number of methoxy groups -OCH3 is 1. The van der Waals surface area contributed by atoms with Crippen LogP contribution in [0.2, 0.25) is 10.0 Å². The Labute approximate surface area is 151 Å². The van der Waals surface area contributed by atoms with E-state index < -0.39 is 16.0 Å². The second-order valence-corrected chi connectivity index (χ2v) is 7.74. The van der Waals surface area contributed by atoms with E-state index in [-0.39, 0.29) is 21.2 Å². The zero-order chi connectivity index (χ0) is 17.2. The monoisotopic (exact) mass is 437 g/mol. The third-order valence-electron chi connectivity index (χ3n) is 2.83. The third-order valence-corrected chi connectivity index (χ3v) is 5.43. The Balaban J connectivity index is 2.42. The van der Waals surface area contributed by atoms with Crippen molar-refractivity contribution in [3.63, 3.8) is 0 Å². The number of nitrogens with one attached hydrogen (secondary N) is 1. The van der Waals surface area contributed by atoms with Crippen LogP contribution in [0.1, 0.15) is 10.4 Å². The van der Waals surface area contributed by atoms with E-state index in [2.05, 4.69) is 25.4 Å². The predicted octanol–water partition coefficient (Wildman–Crippen LogP) is 4.34. The zero-order valence-electron chi connectivity index (χ0n) is 11.6. The number of carbonyl (C=O) groups is 1. The van der Waals surface area contributed by atoms with Gasteiger partial charge < -0.3 is 4.74 Å². The summed E-state index contributed by atoms with van der Waals surface area (Å²) in [5.41, 5.74) is 0.274. The maximum Gasteiger partial charge on any atom is 0.339 e. The molecule has 2 aromatic rings. The Morgan fingerprint density at radius 1 is 1.17 bits per heavy atom. The summed E-state index contributed by atoms with van der Waals surface area (Å²) in [4.78, 5) is 11.6. The first-order valence-corrected chi connectivity index (χ1v) is 9.13. The molecule has 5 nitrogen and oxygen atoms in total. The number of anilines is 1. The van der Waals surface area contributed by atoms with Crippen LogP contribution in [0.15, 0.2) is 45.8 Å². The van der Waals surface area contributed by atoms with Crippen molar-refractivity contribution in [2.75, 3.05) is 11.8 Å². The van der Waals surface area contributed by atoms with Crippen molar-refractivity contribution in [3.8, 4) is 0 Å². The van der Waals surface area contributed by atoms with E-state index in [4.69, 9.17) is 23.2 Å². The van der Waals surface area contributed by atoms with Gasteiger partial charge in [0.2, 0.25) is 0 Å². The number of sulfonamides is 1. The van der Waals surface area contributed by atoms with Crippen LogP contribution in [0.3, 0.4) is 0 Å². The fraction of sp³-hybridized carbons (Fsp3) is 0.0714. The molecule has 0 unspecified atom stereocenters. The highest BCUT2D eigenvalue weighted by Gasteiger charge is 2.20. The molecule has 122 valence electrons. The number of hydrogen-bond donors (Lipinski definition) is 1. The van der Waals surface area contributed by atoms with Crippen molar-refractivity contribution in [3.05, 3.63) is 56.5 Å². The van der Waals surface area contributed by atoms with Crippen LogP contribution in [-0.4, -0.2) is 21.5 Å². The van der Waals surface area contributed by atoms with Crippen LogP contribution in [0, 0.1) is 0 Å². The lowest BCUT2D eigenvalue weighted by atomic mass is 10.2. The van der Waals surface area contributed by atoms with E-state index in [0.29, 0.717) is 9.50 Å². The molecule has 0 heterocycles. The normalized spacial score (nSPS) is 11.1. The van der Waals surface area contributed by atoms with Crippen LogP contribution < -0.4 is 4.72 Å². The molecular formula is C14H10BrCl2NO4S. The second-order valence-electron chi connectivity index (χ2n) is 4.36. The molecule has 2 rings (SSSR count). The Bertz CT molecular complexity index is 871. The molecule has 0 aliphatic rings. The fourth-order valence-corrected chi connectivity index (χ4v) is 3.74. The highest BCUT2D eigenvalue weighted by atomic mass is 79.9. The van der Waals surface area contributed by atoms with Gasteiger partial charge in [-0.2, -0.15) is 0 Å². The number of benzene rings is 2. The molecule has 0 aliphatic heterocycles. The highest BCUT2D eigenvalue weighted by molar-refractivity contribution is 9.10. The van der Waals surface area contributed by atoms with Crippen molar-refractivity contribution < 1.29 is 17.9 Å². The van der Waals surface area contributed by atoms with Crippen LogP contribution in [-0.2, 0) is 14.8 Å². The van der Waals surface area contributed by atoms with Gasteiger partial charge in [0.1, 0.15) is 0 Å². The molecule has 23 heavy (non-hydrogen) atoms. The van der Waals surface area contributed by atoms with Crippen LogP contribution in [0.5, 0.6) is 0 Å². The van der Waals surface area contributed by atoms with E-state index in [0.717, 1.165) is 0 Å². The smallest absolute Gasteiger partial charge is 0.339 e. The van der Waals surface area contributed by atoms with Crippen molar-refractivity contribution in [2.24, 2.45) is 0 Å². The Morgan fingerprint density at radius 2 is 1.87 bits per heavy atom. The molecule has 0 saturated heterocycles. The van der Waals surface area contributed by atoms with Crippen molar-refractivity contribution in [1.29, 1.82) is 0 Å². The first kappa shape index (κ1) is 18.1. The molecule has 0 saturated carbocycles. The number of ether oxygens (including phenoxy) is 1. The van der Waals surface area contributed by atoms with E-state index in [1.54, 1.807) is 0 Å². The SMILES string of the molecule is COC(=O)c1cc(S(=O)(=O)Nc2ccc(Cl)cc2Cl)ccc1Br. The average Bonchev–Trinajstić information content (AvgIpc) is 2.49. The average molecular weight is 439 g/mol. The molecular weight excluding hydrogens is 429 g/mol. The summed E-state index contributed by atoms with van der Waals surface area (Å²) in [6.45, 7) is 0. The molecule has 0 amide bonds. The van der Waals surface area contributed by atoms with Gasteiger partial charge in [-0.1, -0.05) is 23.2 Å². The lowest BCUT2D eigenvalue weighted by Gasteiger charge is -2.11.